The Labute approximate surface area is 122 Å². The van der Waals surface area contributed by atoms with Crippen LogP contribution in [0.1, 0.15) is 23.0 Å². The molecule has 0 bridgehead atoms. The molecule has 0 aliphatic rings. The average molecular weight is 278 g/mol. The summed E-state index contributed by atoms with van der Waals surface area (Å²) in [6.07, 6.45) is 5.95. The molecule has 5 nitrogen and oxygen atoms in total. The van der Waals surface area contributed by atoms with Gasteiger partial charge in [0, 0.05) is 23.7 Å². The fourth-order valence-corrected chi connectivity index (χ4v) is 1.90. The first kappa shape index (κ1) is 13.1. The monoisotopic (exact) mass is 278 g/mol. The van der Waals surface area contributed by atoms with Gasteiger partial charge in [-0.05, 0) is 35.9 Å². The molecule has 3 aromatic rings. The molecule has 0 saturated heterocycles. The number of pyridine rings is 1. The van der Waals surface area contributed by atoms with E-state index < -0.39 is 0 Å². The molecule has 5 heteroatoms. The molecular weight excluding hydrogens is 264 g/mol. The maximum Gasteiger partial charge on any atom is 0.250 e. The van der Waals surface area contributed by atoms with E-state index in [1.165, 1.54) is 0 Å². The second-order valence-electron chi connectivity index (χ2n) is 4.55. The van der Waals surface area contributed by atoms with Gasteiger partial charge in [-0.15, -0.1) is 0 Å². The molecule has 0 spiro atoms. The topological polar surface area (TPSA) is 77.8 Å². The zero-order valence-electron chi connectivity index (χ0n) is 11.3. The summed E-state index contributed by atoms with van der Waals surface area (Å²) in [6, 6.07) is 13.3. The van der Waals surface area contributed by atoms with E-state index >= 15 is 0 Å². The highest BCUT2D eigenvalue weighted by atomic mass is 16.5. The lowest BCUT2D eigenvalue weighted by molar-refractivity contribution is 0.404. The van der Waals surface area contributed by atoms with Gasteiger partial charge in [-0.1, -0.05) is 23.4 Å². The predicted octanol–water partition coefficient (Wildman–Crippen LogP) is 2.81. The van der Waals surface area contributed by atoms with E-state index in [4.69, 9.17) is 10.3 Å². The SMILES string of the molecule is Nc1cccc(/C=C/c2nc(Cc3ccccn3)no2)c1. The summed E-state index contributed by atoms with van der Waals surface area (Å²) in [5.74, 6) is 1.07. The van der Waals surface area contributed by atoms with Crippen LogP contribution in [0.25, 0.3) is 12.2 Å². The third kappa shape index (κ3) is 3.54. The van der Waals surface area contributed by atoms with Crippen LogP contribution in [0.15, 0.2) is 53.2 Å². The van der Waals surface area contributed by atoms with E-state index in [0.29, 0.717) is 18.1 Å². The van der Waals surface area contributed by atoms with Gasteiger partial charge in [-0.25, -0.2) is 0 Å². The summed E-state index contributed by atoms with van der Waals surface area (Å²) in [5, 5.41) is 3.94. The molecule has 0 amide bonds. The molecule has 2 N–H and O–H groups in total. The third-order valence-corrected chi connectivity index (χ3v) is 2.88. The van der Waals surface area contributed by atoms with E-state index in [9.17, 15) is 0 Å². The molecule has 0 aliphatic heterocycles. The molecular formula is C16H14N4O. The Morgan fingerprint density at radius 1 is 1.10 bits per heavy atom. The number of nitrogens with two attached hydrogens (primary N) is 1. The summed E-state index contributed by atoms with van der Waals surface area (Å²) >= 11 is 0. The molecule has 0 radical (unpaired) electrons. The zero-order chi connectivity index (χ0) is 14.5. The van der Waals surface area contributed by atoms with Gasteiger partial charge in [0.2, 0.25) is 0 Å². The normalized spacial score (nSPS) is 11.0. The van der Waals surface area contributed by atoms with Crippen LogP contribution in [0.2, 0.25) is 0 Å². The van der Waals surface area contributed by atoms with Crippen LogP contribution < -0.4 is 5.73 Å². The number of nitrogen functional groups attached to an aromatic ring is 1. The number of aromatic nitrogens is 3. The minimum Gasteiger partial charge on any atom is -0.399 e. The lowest BCUT2D eigenvalue weighted by Gasteiger charge is -1.94. The van der Waals surface area contributed by atoms with Crippen LogP contribution in [-0.4, -0.2) is 15.1 Å². The van der Waals surface area contributed by atoms with Crippen molar-refractivity contribution in [2.45, 2.75) is 6.42 Å². The Morgan fingerprint density at radius 2 is 2.05 bits per heavy atom. The van der Waals surface area contributed by atoms with Gasteiger partial charge in [-0.2, -0.15) is 4.98 Å². The highest BCUT2D eigenvalue weighted by Gasteiger charge is 2.05. The highest BCUT2D eigenvalue weighted by molar-refractivity contribution is 5.67. The molecule has 2 heterocycles. The lowest BCUT2D eigenvalue weighted by Crippen LogP contribution is -1.93. The largest absolute Gasteiger partial charge is 0.399 e. The molecule has 1 aromatic carbocycles. The maximum absolute atomic E-state index is 5.73. The summed E-state index contributed by atoms with van der Waals surface area (Å²) < 4.78 is 5.18. The van der Waals surface area contributed by atoms with Gasteiger partial charge in [0.05, 0.1) is 6.42 Å². The van der Waals surface area contributed by atoms with E-state index in [1.807, 2.05) is 48.5 Å². The first-order valence-corrected chi connectivity index (χ1v) is 6.56. The summed E-state index contributed by atoms with van der Waals surface area (Å²) in [5.41, 5.74) is 8.34. The van der Waals surface area contributed by atoms with Crippen LogP contribution >= 0.6 is 0 Å². The molecule has 2 aromatic heterocycles. The van der Waals surface area contributed by atoms with Gasteiger partial charge in [0.15, 0.2) is 5.82 Å². The maximum atomic E-state index is 5.73. The van der Waals surface area contributed by atoms with Gasteiger partial charge < -0.3 is 10.3 Å². The van der Waals surface area contributed by atoms with Crippen LogP contribution in [0.5, 0.6) is 0 Å². The molecule has 0 fully saturated rings. The van der Waals surface area contributed by atoms with Gasteiger partial charge in [0.25, 0.3) is 5.89 Å². The van der Waals surface area contributed by atoms with Gasteiger partial charge in [-0.3, -0.25) is 4.98 Å². The summed E-state index contributed by atoms with van der Waals surface area (Å²) in [7, 11) is 0. The second-order valence-corrected chi connectivity index (χ2v) is 4.55. The Bertz CT molecular complexity index is 750. The quantitative estimate of drug-likeness (QED) is 0.742. The second kappa shape index (κ2) is 6.00. The van der Waals surface area contributed by atoms with E-state index in [-0.39, 0.29) is 0 Å². The lowest BCUT2D eigenvalue weighted by atomic mass is 10.2. The first-order chi connectivity index (χ1) is 10.3. The van der Waals surface area contributed by atoms with Crippen molar-refractivity contribution >= 4 is 17.8 Å². The number of nitrogens with zero attached hydrogens (tertiary/aromatic N) is 3. The molecule has 0 unspecified atom stereocenters. The standard InChI is InChI=1S/C16H14N4O/c17-13-5-3-4-12(10-13)7-8-16-19-15(20-21-16)11-14-6-1-2-9-18-14/h1-10H,11,17H2/b8-7+. The number of hydrogen-bond donors (Lipinski definition) is 1. The molecule has 104 valence electrons. The Morgan fingerprint density at radius 3 is 2.86 bits per heavy atom. The summed E-state index contributed by atoms with van der Waals surface area (Å²) in [6.45, 7) is 0. The molecule has 0 saturated carbocycles. The van der Waals surface area contributed by atoms with Crippen molar-refractivity contribution in [3.05, 3.63) is 71.6 Å². The Hall–Kier alpha value is -2.95. The minimum absolute atomic E-state index is 0.461. The Balaban J connectivity index is 1.70. The highest BCUT2D eigenvalue weighted by Crippen LogP contribution is 2.11. The van der Waals surface area contributed by atoms with E-state index in [1.54, 1.807) is 12.3 Å². The Kier molecular flexibility index (Phi) is 3.73. The molecule has 0 atom stereocenters. The fraction of sp³-hybridized carbons (Fsp3) is 0.0625. The van der Waals surface area contributed by atoms with Crippen molar-refractivity contribution < 1.29 is 4.52 Å². The van der Waals surface area contributed by atoms with Crippen molar-refractivity contribution in [3.63, 3.8) is 0 Å². The number of rotatable bonds is 4. The number of anilines is 1. The fourth-order valence-electron chi connectivity index (χ4n) is 1.90. The average Bonchev–Trinajstić information content (AvgIpc) is 2.94. The van der Waals surface area contributed by atoms with Crippen molar-refractivity contribution in [2.75, 3.05) is 5.73 Å². The van der Waals surface area contributed by atoms with E-state index in [2.05, 4.69) is 15.1 Å². The third-order valence-electron chi connectivity index (χ3n) is 2.88. The minimum atomic E-state index is 0.461. The zero-order valence-corrected chi connectivity index (χ0v) is 11.3. The smallest absolute Gasteiger partial charge is 0.250 e. The van der Waals surface area contributed by atoms with Crippen LogP contribution in [0.4, 0.5) is 5.69 Å². The molecule has 0 aliphatic carbocycles. The molecule has 21 heavy (non-hydrogen) atoms. The summed E-state index contributed by atoms with van der Waals surface area (Å²) in [4.78, 5) is 8.54. The van der Waals surface area contributed by atoms with Crippen molar-refractivity contribution in [3.8, 4) is 0 Å². The molecule has 3 rings (SSSR count). The van der Waals surface area contributed by atoms with Crippen molar-refractivity contribution in [1.82, 2.24) is 15.1 Å². The first-order valence-electron chi connectivity index (χ1n) is 6.56. The van der Waals surface area contributed by atoms with Crippen molar-refractivity contribution in [1.29, 1.82) is 0 Å². The predicted molar refractivity (Wildman–Crippen MR) is 81.1 cm³/mol. The van der Waals surface area contributed by atoms with Crippen molar-refractivity contribution in [2.24, 2.45) is 0 Å². The van der Waals surface area contributed by atoms with Crippen LogP contribution in [0.3, 0.4) is 0 Å². The van der Waals surface area contributed by atoms with E-state index in [0.717, 1.165) is 16.9 Å². The van der Waals surface area contributed by atoms with Gasteiger partial charge in [0.1, 0.15) is 0 Å². The number of hydrogen-bond acceptors (Lipinski definition) is 5. The number of benzene rings is 1. The van der Waals surface area contributed by atoms with Crippen LogP contribution in [0, 0.1) is 0 Å². The van der Waals surface area contributed by atoms with Gasteiger partial charge >= 0.3 is 0 Å². The van der Waals surface area contributed by atoms with Crippen LogP contribution in [-0.2, 0) is 6.42 Å².